The summed E-state index contributed by atoms with van der Waals surface area (Å²) in [6.07, 6.45) is 1.75. The van der Waals surface area contributed by atoms with Crippen LogP contribution >= 0.6 is 0 Å². The maximum absolute atomic E-state index is 12.2. The number of hydrogen-bond donors (Lipinski definition) is 2. The molecule has 0 fully saturated rings. The van der Waals surface area contributed by atoms with Crippen molar-refractivity contribution in [2.45, 2.75) is 13.5 Å². The van der Waals surface area contributed by atoms with E-state index in [1.807, 2.05) is 55.5 Å². The van der Waals surface area contributed by atoms with Gasteiger partial charge in [0.05, 0.1) is 17.2 Å². The van der Waals surface area contributed by atoms with Gasteiger partial charge in [0.1, 0.15) is 12.2 Å². The van der Waals surface area contributed by atoms with Crippen LogP contribution in [0.15, 0.2) is 54.7 Å². The van der Waals surface area contributed by atoms with Crippen LogP contribution in [-0.2, 0) is 11.3 Å². The number of aryl methyl sites for hydroxylation is 1. The highest BCUT2D eigenvalue weighted by molar-refractivity contribution is 5.90. The van der Waals surface area contributed by atoms with Crippen LogP contribution in [0.4, 0.5) is 5.95 Å². The number of fused-ring (bicyclic) bond motifs is 1. The standard InChI is InChI=1S/C18H16N6O/c1-12-6-8-13(9-7-12)16-10-24(23-22-16)11-17(25)21-18-19-14-4-2-3-5-15(14)20-18/h2-10H,11H2,1H3,(H2,19,20,21,25). The number of rotatable bonds is 4. The van der Waals surface area contributed by atoms with Crippen LogP contribution in [0.25, 0.3) is 22.3 Å². The van der Waals surface area contributed by atoms with E-state index in [0.29, 0.717) is 5.95 Å². The summed E-state index contributed by atoms with van der Waals surface area (Å²) >= 11 is 0. The highest BCUT2D eigenvalue weighted by Gasteiger charge is 2.10. The second-order valence-corrected chi connectivity index (χ2v) is 5.82. The number of carbonyl (C=O) groups is 1. The summed E-state index contributed by atoms with van der Waals surface area (Å²) < 4.78 is 1.51. The van der Waals surface area contributed by atoms with Gasteiger partial charge in [0.25, 0.3) is 0 Å². The van der Waals surface area contributed by atoms with Crippen molar-refractivity contribution in [2.24, 2.45) is 0 Å². The highest BCUT2D eigenvalue weighted by Crippen LogP contribution is 2.17. The van der Waals surface area contributed by atoms with E-state index in [2.05, 4.69) is 25.6 Å². The van der Waals surface area contributed by atoms with Crippen LogP contribution in [0.3, 0.4) is 0 Å². The van der Waals surface area contributed by atoms with Gasteiger partial charge in [0, 0.05) is 5.56 Å². The van der Waals surface area contributed by atoms with Crippen molar-refractivity contribution in [3.63, 3.8) is 0 Å². The average molecular weight is 332 g/mol. The van der Waals surface area contributed by atoms with Crippen molar-refractivity contribution in [1.29, 1.82) is 0 Å². The fraction of sp³-hybridized carbons (Fsp3) is 0.111. The molecule has 0 radical (unpaired) electrons. The minimum Gasteiger partial charge on any atom is -0.324 e. The first-order valence-corrected chi connectivity index (χ1v) is 7.89. The molecule has 0 saturated heterocycles. The van der Waals surface area contributed by atoms with Crippen LogP contribution in [0.1, 0.15) is 5.56 Å². The Morgan fingerprint density at radius 3 is 2.76 bits per heavy atom. The van der Waals surface area contributed by atoms with Crippen molar-refractivity contribution >= 4 is 22.9 Å². The first-order chi connectivity index (χ1) is 12.2. The maximum Gasteiger partial charge on any atom is 0.248 e. The Labute approximate surface area is 143 Å². The van der Waals surface area contributed by atoms with Crippen LogP contribution in [0, 0.1) is 6.92 Å². The SMILES string of the molecule is Cc1ccc(-c2cn(CC(=O)Nc3nc4ccccc4[nH]3)nn2)cc1. The molecule has 0 bridgehead atoms. The zero-order valence-corrected chi connectivity index (χ0v) is 13.6. The number of anilines is 1. The van der Waals surface area contributed by atoms with Gasteiger partial charge in [-0.15, -0.1) is 5.10 Å². The minimum atomic E-state index is -0.223. The van der Waals surface area contributed by atoms with Crippen LogP contribution in [0.2, 0.25) is 0 Å². The lowest BCUT2D eigenvalue weighted by Gasteiger charge is -2.01. The van der Waals surface area contributed by atoms with E-state index in [4.69, 9.17) is 0 Å². The van der Waals surface area contributed by atoms with E-state index in [0.717, 1.165) is 22.3 Å². The predicted molar refractivity (Wildman–Crippen MR) is 94.9 cm³/mol. The molecule has 0 atom stereocenters. The lowest BCUT2D eigenvalue weighted by atomic mass is 10.1. The zero-order valence-electron chi connectivity index (χ0n) is 13.6. The molecular formula is C18H16N6O. The number of para-hydroxylation sites is 2. The number of carbonyl (C=O) groups excluding carboxylic acids is 1. The zero-order chi connectivity index (χ0) is 17.2. The quantitative estimate of drug-likeness (QED) is 0.601. The lowest BCUT2D eigenvalue weighted by molar-refractivity contribution is -0.117. The third-order valence-corrected chi connectivity index (χ3v) is 3.84. The fourth-order valence-corrected chi connectivity index (χ4v) is 2.56. The minimum absolute atomic E-state index is 0.0654. The smallest absolute Gasteiger partial charge is 0.248 e. The molecule has 0 aliphatic rings. The largest absolute Gasteiger partial charge is 0.324 e. The van der Waals surface area contributed by atoms with Gasteiger partial charge in [-0.1, -0.05) is 47.2 Å². The number of imidazole rings is 1. The van der Waals surface area contributed by atoms with E-state index < -0.39 is 0 Å². The van der Waals surface area contributed by atoms with Crippen molar-refractivity contribution in [2.75, 3.05) is 5.32 Å². The molecule has 2 aromatic carbocycles. The molecule has 0 aliphatic carbocycles. The van der Waals surface area contributed by atoms with Crippen molar-refractivity contribution in [3.05, 3.63) is 60.3 Å². The number of nitrogens with zero attached hydrogens (tertiary/aromatic N) is 4. The van der Waals surface area contributed by atoms with Gasteiger partial charge >= 0.3 is 0 Å². The van der Waals surface area contributed by atoms with Crippen molar-refractivity contribution in [1.82, 2.24) is 25.0 Å². The van der Waals surface area contributed by atoms with Crippen LogP contribution in [-0.4, -0.2) is 30.9 Å². The first kappa shape index (κ1) is 15.1. The number of benzene rings is 2. The Morgan fingerprint density at radius 2 is 1.96 bits per heavy atom. The van der Waals surface area contributed by atoms with Gasteiger partial charge in [-0.2, -0.15) is 0 Å². The molecule has 2 heterocycles. The summed E-state index contributed by atoms with van der Waals surface area (Å²) in [7, 11) is 0. The second kappa shape index (κ2) is 6.20. The summed E-state index contributed by atoms with van der Waals surface area (Å²) in [4.78, 5) is 19.6. The van der Waals surface area contributed by atoms with Crippen LogP contribution < -0.4 is 5.32 Å². The Bertz CT molecular complexity index is 998. The normalized spacial score (nSPS) is 10.9. The number of nitrogens with one attached hydrogen (secondary N) is 2. The second-order valence-electron chi connectivity index (χ2n) is 5.82. The molecule has 4 rings (SSSR count). The number of aromatic nitrogens is 5. The molecule has 1 amide bonds. The van der Waals surface area contributed by atoms with Gasteiger partial charge in [-0.05, 0) is 19.1 Å². The Balaban J connectivity index is 1.45. The molecule has 0 unspecified atom stereocenters. The maximum atomic E-state index is 12.2. The third kappa shape index (κ3) is 3.25. The van der Waals surface area contributed by atoms with E-state index >= 15 is 0 Å². The van der Waals surface area contributed by atoms with Crippen molar-refractivity contribution in [3.8, 4) is 11.3 Å². The topological polar surface area (TPSA) is 88.5 Å². The molecule has 124 valence electrons. The predicted octanol–water partition coefficient (Wildman–Crippen LogP) is 2.77. The first-order valence-electron chi connectivity index (χ1n) is 7.89. The molecule has 0 aliphatic heterocycles. The number of aromatic amines is 1. The molecule has 2 aromatic heterocycles. The van der Waals surface area contributed by atoms with Gasteiger partial charge in [-0.3, -0.25) is 10.1 Å². The Hall–Kier alpha value is -3.48. The summed E-state index contributed by atoms with van der Waals surface area (Å²) in [6, 6.07) is 15.6. The van der Waals surface area contributed by atoms with Gasteiger partial charge in [0.15, 0.2) is 0 Å². The number of hydrogen-bond acceptors (Lipinski definition) is 4. The Kier molecular flexibility index (Phi) is 3.74. The molecular weight excluding hydrogens is 316 g/mol. The molecule has 7 nitrogen and oxygen atoms in total. The molecule has 25 heavy (non-hydrogen) atoms. The highest BCUT2D eigenvalue weighted by atomic mass is 16.2. The molecule has 7 heteroatoms. The summed E-state index contributed by atoms with van der Waals surface area (Å²) in [5, 5.41) is 10.9. The van der Waals surface area contributed by atoms with Crippen molar-refractivity contribution < 1.29 is 4.79 Å². The molecule has 0 saturated carbocycles. The van der Waals surface area contributed by atoms with E-state index in [1.165, 1.54) is 10.2 Å². The average Bonchev–Trinajstić information content (AvgIpc) is 3.21. The monoisotopic (exact) mass is 332 g/mol. The fourth-order valence-electron chi connectivity index (χ4n) is 2.56. The van der Waals surface area contributed by atoms with Crippen LogP contribution in [0.5, 0.6) is 0 Å². The third-order valence-electron chi connectivity index (χ3n) is 3.84. The number of H-pyrrole nitrogens is 1. The molecule has 2 N–H and O–H groups in total. The van der Waals surface area contributed by atoms with Gasteiger partial charge in [-0.25, -0.2) is 9.67 Å². The number of amides is 1. The summed E-state index contributed by atoms with van der Waals surface area (Å²) in [6.45, 7) is 2.10. The van der Waals surface area contributed by atoms with Gasteiger partial charge < -0.3 is 4.98 Å². The molecule has 0 spiro atoms. The lowest BCUT2D eigenvalue weighted by Crippen LogP contribution is -2.19. The Morgan fingerprint density at radius 1 is 1.16 bits per heavy atom. The molecule has 4 aromatic rings. The van der Waals surface area contributed by atoms with E-state index in [-0.39, 0.29) is 12.5 Å². The summed E-state index contributed by atoms with van der Waals surface area (Å²) in [5.41, 5.74) is 4.56. The van der Waals surface area contributed by atoms with Gasteiger partial charge in [0.2, 0.25) is 11.9 Å². The summed E-state index contributed by atoms with van der Waals surface area (Å²) in [5.74, 6) is 0.199. The van der Waals surface area contributed by atoms with E-state index in [1.54, 1.807) is 6.20 Å². The van der Waals surface area contributed by atoms with E-state index in [9.17, 15) is 4.79 Å².